The summed E-state index contributed by atoms with van der Waals surface area (Å²) in [5.41, 5.74) is 0.398. The van der Waals surface area contributed by atoms with Crippen LogP contribution in [-0.2, 0) is 15.6 Å². The molecule has 0 atom stereocenters. The van der Waals surface area contributed by atoms with E-state index in [9.17, 15) is 9.90 Å². The molecule has 1 aliphatic heterocycles. The van der Waals surface area contributed by atoms with E-state index >= 15 is 0 Å². The minimum Gasteiger partial charge on any atom is -0.504 e. The zero-order valence-electron chi connectivity index (χ0n) is 16.5. The van der Waals surface area contributed by atoms with Crippen molar-refractivity contribution in [1.82, 2.24) is 20.0 Å². The van der Waals surface area contributed by atoms with E-state index in [1.165, 1.54) is 16.8 Å². The van der Waals surface area contributed by atoms with Gasteiger partial charge in [0.25, 0.3) is 5.91 Å². The lowest BCUT2D eigenvalue weighted by molar-refractivity contribution is -0.130. The molecule has 6 nitrogen and oxygen atoms in total. The van der Waals surface area contributed by atoms with Gasteiger partial charge in [-0.3, -0.25) is 4.79 Å². The monoisotopic (exact) mass is 394 g/mol. The molecule has 1 aliphatic rings. The van der Waals surface area contributed by atoms with Crippen LogP contribution in [-0.4, -0.2) is 49.4 Å². The first-order valence-electron chi connectivity index (χ1n) is 8.30. The van der Waals surface area contributed by atoms with E-state index in [-0.39, 0.29) is 22.5 Å². The minimum absolute atomic E-state index is 0.114. The lowest BCUT2D eigenvalue weighted by Crippen LogP contribution is -2.40. The minimum atomic E-state index is -0.363. The number of carbonyl (C=O) groups excluding carboxylic acids is 1. The summed E-state index contributed by atoms with van der Waals surface area (Å²) in [5, 5.41) is 13.8. The molecule has 1 fully saturated rings. The Balaban J connectivity index is 2.61. The molecule has 0 aromatic carbocycles. The molecule has 0 aliphatic carbocycles. The van der Waals surface area contributed by atoms with Crippen LogP contribution in [0, 0.1) is 0 Å². The van der Waals surface area contributed by atoms with Gasteiger partial charge >= 0.3 is 0 Å². The summed E-state index contributed by atoms with van der Waals surface area (Å²) >= 11 is 6.50. The molecule has 0 unspecified atom stereocenters. The predicted octanol–water partition coefficient (Wildman–Crippen LogP) is 3.46. The van der Waals surface area contributed by atoms with E-state index in [2.05, 4.69) is 9.97 Å². The third-order valence-electron chi connectivity index (χ3n) is 3.76. The molecule has 8 heteroatoms. The first-order valence-corrected chi connectivity index (χ1v) is 9.53. The van der Waals surface area contributed by atoms with Gasteiger partial charge in [-0.05, 0) is 0 Å². The molecule has 2 rings (SSSR count). The van der Waals surface area contributed by atoms with Crippen LogP contribution in [0.15, 0.2) is 4.91 Å². The summed E-state index contributed by atoms with van der Waals surface area (Å²) in [4.78, 5) is 22.1. The first kappa shape index (κ1) is 20.8. The SMILES string of the molecule is CN(C)N1C(=O)/C(=C/c2nc(C(C)(C)C)c(O)c(C(C)(C)C)n2)SC1=S. The molecule has 26 heavy (non-hydrogen) atoms. The summed E-state index contributed by atoms with van der Waals surface area (Å²) in [6, 6.07) is 0. The normalized spacial score (nSPS) is 17.7. The Bertz CT molecular complexity index is 754. The molecular formula is C18H26N4O2S2. The number of aromatic hydroxyl groups is 1. The summed E-state index contributed by atoms with van der Waals surface area (Å²) in [7, 11) is 3.53. The van der Waals surface area contributed by atoms with Gasteiger partial charge < -0.3 is 5.11 Å². The van der Waals surface area contributed by atoms with Crippen molar-refractivity contribution in [2.75, 3.05) is 14.1 Å². The lowest BCUT2D eigenvalue weighted by atomic mass is 9.85. The summed E-state index contributed by atoms with van der Waals surface area (Å²) in [6.07, 6.45) is 1.65. The van der Waals surface area contributed by atoms with Gasteiger partial charge in [0.1, 0.15) is 0 Å². The van der Waals surface area contributed by atoms with Gasteiger partial charge in [0, 0.05) is 31.0 Å². The van der Waals surface area contributed by atoms with Gasteiger partial charge in [-0.2, -0.15) is 0 Å². The molecular weight excluding hydrogens is 368 g/mol. The van der Waals surface area contributed by atoms with E-state index in [1.807, 2.05) is 41.5 Å². The Kier molecular flexibility index (Phi) is 5.52. The maximum Gasteiger partial charge on any atom is 0.281 e. The van der Waals surface area contributed by atoms with Crippen molar-refractivity contribution < 1.29 is 9.90 Å². The van der Waals surface area contributed by atoms with Crippen LogP contribution >= 0.6 is 24.0 Å². The Morgan fingerprint density at radius 1 is 1.08 bits per heavy atom. The molecule has 0 spiro atoms. The van der Waals surface area contributed by atoms with Crippen LogP contribution in [0.4, 0.5) is 0 Å². The van der Waals surface area contributed by atoms with Crippen molar-refractivity contribution in [2.45, 2.75) is 52.4 Å². The zero-order chi connectivity index (χ0) is 20.0. The van der Waals surface area contributed by atoms with Gasteiger partial charge in [0.15, 0.2) is 15.9 Å². The van der Waals surface area contributed by atoms with Crippen LogP contribution in [0.1, 0.15) is 58.8 Å². The molecule has 0 radical (unpaired) electrons. The topological polar surface area (TPSA) is 69.6 Å². The Hall–Kier alpha value is -1.51. The second-order valence-corrected chi connectivity index (χ2v) is 10.1. The van der Waals surface area contributed by atoms with Crippen molar-refractivity contribution in [2.24, 2.45) is 0 Å². The third kappa shape index (κ3) is 4.07. The van der Waals surface area contributed by atoms with Crippen LogP contribution in [0.2, 0.25) is 0 Å². The van der Waals surface area contributed by atoms with Gasteiger partial charge in [0.2, 0.25) is 0 Å². The molecule has 0 bridgehead atoms. The molecule has 1 aromatic heterocycles. The van der Waals surface area contributed by atoms with Crippen molar-refractivity contribution in [1.29, 1.82) is 0 Å². The Morgan fingerprint density at radius 2 is 1.54 bits per heavy atom. The second kappa shape index (κ2) is 6.90. The molecule has 142 valence electrons. The fraction of sp³-hybridized carbons (Fsp3) is 0.556. The summed E-state index contributed by atoms with van der Waals surface area (Å²) in [6.45, 7) is 11.9. The fourth-order valence-electron chi connectivity index (χ4n) is 2.50. The average molecular weight is 395 g/mol. The Morgan fingerprint density at radius 3 is 1.88 bits per heavy atom. The van der Waals surface area contributed by atoms with Crippen molar-refractivity contribution >= 4 is 40.3 Å². The largest absolute Gasteiger partial charge is 0.504 e. The molecule has 1 aromatic rings. The molecule has 0 saturated carbocycles. The number of rotatable bonds is 2. The maximum absolute atomic E-state index is 12.6. The van der Waals surface area contributed by atoms with E-state index in [0.29, 0.717) is 26.4 Å². The number of carbonyl (C=O) groups is 1. The highest BCUT2D eigenvalue weighted by atomic mass is 32.2. The number of hydrogen-bond acceptors (Lipinski definition) is 7. The number of thioether (sulfide) groups is 1. The fourth-order valence-corrected chi connectivity index (χ4v) is 3.88. The second-order valence-electron chi connectivity index (χ2n) is 8.47. The lowest BCUT2D eigenvalue weighted by Gasteiger charge is -2.25. The molecule has 1 N–H and O–H groups in total. The van der Waals surface area contributed by atoms with Gasteiger partial charge in [0.05, 0.1) is 16.3 Å². The van der Waals surface area contributed by atoms with Gasteiger partial charge in [-0.15, -0.1) is 0 Å². The van der Waals surface area contributed by atoms with E-state index in [0.717, 1.165) is 0 Å². The van der Waals surface area contributed by atoms with Crippen molar-refractivity contribution in [3.05, 3.63) is 22.1 Å². The standard InChI is InChI=1S/C18H26N4O2S2/c1-17(2,3)13-12(23)14(18(4,5)6)20-11(19-13)9-10-15(24)22(21(7)8)16(25)26-10/h9,23H,1-8H3/b10-9-. The quantitative estimate of drug-likeness (QED) is 0.608. The van der Waals surface area contributed by atoms with Crippen molar-refractivity contribution in [3.8, 4) is 5.75 Å². The molecule has 2 heterocycles. The number of hydrazine groups is 1. The van der Waals surface area contributed by atoms with Crippen molar-refractivity contribution in [3.63, 3.8) is 0 Å². The van der Waals surface area contributed by atoms with E-state index < -0.39 is 0 Å². The predicted molar refractivity (Wildman–Crippen MR) is 110 cm³/mol. The van der Waals surface area contributed by atoms with E-state index in [1.54, 1.807) is 25.2 Å². The van der Waals surface area contributed by atoms with Crippen LogP contribution in [0.5, 0.6) is 5.75 Å². The maximum atomic E-state index is 12.6. The summed E-state index contributed by atoms with van der Waals surface area (Å²) < 4.78 is 0.470. The van der Waals surface area contributed by atoms with E-state index in [4.69, 9.17) is 12.2 Å². The highest BCUT2D eigenvalue weighted by Crippen LogP contribution is 2.38. The zero-order valence-corrected chi connectivity index (χ0v) is 18.2. The van der Waals surface area contributed by atoms with Crippen LogP contribution in [0.3, 0.4) is 0 Å². The van der Waals surface area contributed by atoms with Gasteiger partial charge in [-0.25, -0.2) is 20.0 Å². The average Bonchev–Trinajstić information content (AvgIpc) is 2.72. The number of thiocarbonyl (C=S) groups is 1. The number of hydrogen-bond donors (Lipinski definition) is 1. The molecule has 1 amide bonds. The van der Waals surface area contributed by atoms with Gasteiger partial charge in [-0.1, -0.05) is 65.5 Å². The highest BCUT2D eigenvalue weighted by Gasteiger charge is 2.35. The Labute approximate surface area is 164 Å². The first-order chi connectivity index (χ1) is 11.7. The van der Waals surface area contributed by atoms with Crippen LogP contribution in [0.25, 0.3) is 6.08 Å². The smallest absolute Gasteiger partial charge is 0.281 e. The van der Waals surface area contributed by atoms with Crippen LogP contribution < -0.4 is 0 Å². The summed E-state index contributed by atoms with van der Waals surface area (Å²) in [5.74, 6) is 0.316. The number of nitrogens with zero attached hydrogens (tertiary/aromatic N) is 4. The highest BCUT2D eigenvalue weighted by molar-refractivity contribution is 8.26. The number of aromatic nitrogens is 2. The number of amides is 1. The molecule has 1 saturated heterocycles. The third-order valence-corrected chi connectivity index (χ3v) is 5.04.